The number of aryl methyl sites for hydroxylation is 1. The van der Waals surface area contributed by atoms with Crippen molar-refractivity contribution < 1.29 is 4.92 Å². The molecule has 34 heavy (non-hydrogen) atoms. The molecule has 0 saturated carbocycles. The second-order valence-corrected chi connectivity index (χ2v) is 9.45. The van der Waals surface area contributed by atoms with E-state index in [2.05, 4.69) is 32.2 Å². The maximum absolute atomic E-state index is 11.8. The third kappa shape index (κ3) is 5.91. The molecule has 11 heteroatoms. The van der Waals surface area contributed by atoms with Crippen molar-refractivity contribution in [3.8, 4) is 6.07 Å². The van der Waals surface area contributed by atoms with E-state index in [1.165, 1.54) is 6.33 Å². The number of nitrogens with one attached hydrogen (secondary N) is 3. The lowest BCUT2D eigenvalue weighted by Gasteiger charge is -2.21. The zero-order valence-corrected chi connectivity index (χ0v) is 20.5. The Kier molecular flexibility index (Phi) is 7.57. The molecule has 1 heterocycles. The SMILES string of the molecule is Cc1cc(C(C#N)c2ccc(Cl)cc2)c(Cl)cc1Nc1ncnc(NNC(C)(C)C)c1[N+](=O)[O-]. The Morgan fingerprint density at radius 2 is 1.76 bits per heavy atom. The van der Waals surface area contributed by atoms with E-state index in [-0.39, 0.29) is 22.9 Å². The molecule has 1 unspecified atom stereocenters. The van der Waals surface area contributed by atoms with Crippen molar-refractivity contribution in [3.63, 3.8) is 0 Å². The Morgan fingerprint density at radius 1 is 1.12 bits per heavy atom. The highest BCUT2D eigenvalue weighted by Crippen LogP contribution is 2.37. The van der Waals surface area contributed by atoms with E-state index in [4.69, 9.17) is 23.2 Å². The van der Waals surface area contributed by atoms with Crippen LogP contribution in [0.4, 0.5) is 23.0 Å². The van der Waals surface area contributed by atoms with Crippen LogP contribution in [-0.2, 0) is 0 Å². The van der Waals surface area contributed by atoms with Crippen LogP contribution in [0.5, 0.6) is 0 Å². The summed E-state index contributed by atoms with van der Waals surface area (Å²) in [6, 6.07) is 12.7. The Balaban J connectivity index is 1.97. The average Bonchev–Trinajstić information content (AvgIpc) is 2.76. The highest BCUT2D eigenvalue weighted by molar-refractivity contribution is 6.32. The van der Waals surface area contributed by atoms with Crippen LogP contribution in [0.25, 0.3) is 0 Å². The molecule has 0 aliphatic heterocycles. The van der Waals surface area contributed by atoms with Gasteiger partial charge in [-0.15, -0.1) is 0 Å². The summed E-state index contributed by atoms with van der Waals surface area (Å²) in [4.78, 5) is 19.3. The van der Waals surface area contributed by atoms with Gasteiger partial charge in [-0.05, 0) is 62.6 Å². The minimum absolute atomic E-state index is 0.000315. The third-order valence-electron chi connectivity index (χ3n) is 4.80. The summed E-state index contributed by atoms with van der Waals surface area (Å²) in [5.74, 6) is -0.588. The number of rotatable bonds is 7. The molecule has 3 N–H and O–H groups in total. The van der Waals surface area contributed by atoms with E-state index in [0.29, 0.717) is 21.3 Å². The van der Waals surface area contributed by atoms with Crippen LogP contribution in [0.15, 0.2) is 42.7 Å². The lowest BCUT2D eigenvalue weighted by molar-refractivity contribution is -0.383. The quantitative estimate of drug-likeness (QED) is 0.262. The van der Waals surface area contributed by atoms with E-state index in [1.54, 1.807) is 36.4 Å². The fraction of sp³-hybridized carbons (Fsp3) is 0.261. The van der Waals surface area contributed by atoms with Gasteiger partial charge in [0.25, 0.3) is 0 Å². The van der Waals surface area contributed by atoms with Crippen LogP contribution in [0.3, 0.4) is 0 Å². The normalized spacial score (nSPS) is 12.0. The molecule has 176 valence electrons. The molecule has 3 aromatic rings. The molecule has 0 saturated heterocycles. The molecule has 0 amide bonds. The van der Waals surface area contributed by atoms with E-state index < -0.39 is 10.8 Å². The number of hydrogen-bond acceptors (Lipinski definition) is 8. The van der Waals surface area contributed by atoms with Gasteiger partial charge in [-0.1, -0.05) is 41.4 Å². The third-order valence-corrected chi connectivity index (χ3v) is 5.38. The van der Waals surface area contributed by atoms with Crippen LogP contribution in [0.1, 0.15) is 43.4 Å². The number of aromatic nitrogens is 2. The molecule has 0 radical (unpaired) electrons. The lowest BCUT2D eigenvalue weighted by atomic mass is 9.91. The summed E-state index contributed by atoms with van der Waals surface area (Å²) in [5, 5.41) is 25.5. The summed E-state index contributed by atoms with van der Waals surface area (Å²) in [7, 11) is 0. The van der Waals surface area contributed by atoms with Gasteiger partial charge in [0, 0.05) is 21.3 Å². The van der Waals surface area contributed by atoms with Gasteiger partial charge in [0.15, 0.2) is 0 Å². The summed E-state index contributed by atoms with van der Waals surface area (Å²) < 4.78 is 0. The Morgan fingerprint density at radius 3 is 2.35 bits per heavy atom. The predicted molar refractivity (Wildman–Crippen MR) is 134 cm³/mol. The minimum Gasteiger partial charge on any atom is -0.334 e. The van der Waals surface area contributed by atoms with Gasteiger partial charge in [-0.2, -0.15) is 5.26 Å². The van der Waals surface area contributed by atoms with Crippen molar-refractivity contribution in [2.75, 3.05) is 10.7 Å². The molecule has 0 aliphatic carbocycles. The molecule has 0 aliphatic rings. The van der Waals surface area contributed by atoms with Crippen LogP contribution >= 0.6 is 23.2 Å². The second-order valence-electron chi connectivity index (χ2n) is 8.60. The number of benzene rings is 2. The van der Waals surface area contributed by atoms with E-state index in [0.717, 1.165) is 11.1 Å². The van der Waals surface area contributed by atoms with E-state index in [1.807, 2.05) is 27.7 Å². The average molecular weight is 500 g/mol. The minimum atomic E-state index is -0.606. The number of hydrogen-bond donors (Lipinski definition) is 3. The van der Waals surface area contributed by atoms with Crippen molar-refractivity contribution in [2.45, 2.75) is 39.2 Å². The van der Waals surface area contributed by atoms with Gasteiger partial charge >= 0.3 is 5.69 Å². The molecule has 1 atom stereocenters. The van der Waals surface area contributed by atoms with Crippen molar-refractivity contribution in [1.29, 1.82) is 5.26 Å². The van der Waals surface area contributed by atoms with E-state index in [9.17, 15) is 15.4 Å². The van der Waals surface area contributed by atoms with Gasteiger partial charge < -0.3 is 5.32 Å². The molecule has 9 nitrogen and oxygen atoms in total. The summed E-state index contributed by atoms with van der Waals surface area (Å²) in [5.41, 5.74) is 7.67. The molecule has 3 rings (SSSR count). The maximum atomic E-state index is 11.8. The topological polar surface area (TPSA) is 129 Å². The number of nitrogens with zero attached hydrogens (tertiary/aromatic N) is 4. The smallest absolute Gasteiger partial charge is 0.334 e. The molecule has 0 spiro atoms. The fourth-order valence-electron chi connectivity index (χ4n) is 3.15. The molecular formula is C23H23Cl2N7O2. The number of nitriles is 1. The Hall–Kier alpha value is -3.45. The van der Waals surface area contributed by atoms with Crippen LogP contribution in [0, 0.1) is 28.4 Å². The van der Waals surface area contributed by atoms with Gasteiger partial charge in [0.05, 0.1) is 16.9 Å². The Labute approximate surface area is 207 Å². The number of halogens is 2. The molecule has 1 aromatic heterocycles. The second kappa shape index (κ2) is 10.2. The predicted octanol–water partition coefficient (Wildman–Crippen LogP) is 6.11. The van der Waals surface area contributed by atoms with Crippen molar-refractivity contribution >= 4 is 46.2 Å². The van der Waals surface area contributed by atoms with Crippen LogP contribution < -0.4 is 16.2 Å². The highest BCUT2D eigenvalue weighted by atomic mass is 35.5. The summed E-state index contributed by atoms with van der Waals surface area (Å²) in [6.07, 6.45) is 1.22. The number of anilines is 3. The highest BCUT2D eigenvalue weighted by Gasteiger charge is 2.25. The first-order valence-electron chi connectivity index (χ1n) is 10.2. The van der Waals surface area contributed by atoms with Gasteiger partial charge in [0.2, 0.25) is 11.6 Å². The van der Waals surface area contributed by atoms with Gasteiger partial charge in [-0.3, -0.25) is 15.5 Å². The van der Waals surface area contributed by atoms with Crippen molar-refractivity contribution in [2.24, 2.45) is 0 Å². The molecular weight excluding hydrogens is 477 g/mol. The largest absolute Gasteiger partial charge is 0.354 e. The maximum Gasteiger partial charge on any atom is 0.354 e. The summed E-state index contributed by atoms with van der Waals surface area (Å²) in [6.45, 7) is 7.51. The first-order valence-corrected chi connectivity index (χ1v) is 11.0. The first kappa shape index (κ1) is 25.2. The van der Waals surface area contributed by atoms with Gasteiger partial charge in [0.1, 0.15) is 6.33 Å². The van der Waals surface area contributed by atoms with Crippen LogP contribution in [-0.4, -0.2) is 20.4 Å². The standard InChI is InChI=1S/C23H23Cl2N7O2/c1-13-9-16(17(11-26)14-5-7-15(24)8-6-14)18(25)10-19(13)29-21-20(32(33)34)22(28-12-27-21)30-31-23(2,3)4/h5-10,12,17,31H,1-4H3,(H2,27,28,29,30). The van der Waals surface area contributed by atoms with Crippen LogP contribution in [0.2, 0.25) is 10.0 Å². The monoisotopic (exact) mass is 499 g/mol. The zero-order valence-electron chi connectivity index (χ0n) is 19.0. The Bertz CT molecular complexity index is 1250. The number of hydrazine groups is 1. The molecule has 0 fully saturated rings. The zero-order chi connectivity index (χ0) is 25.0. The van der Waals surface area contributed by atoms with Gasteiger partial charge in [-0.25, -0.2) is 15.4 Å². The fourth-order valence-corrected chi connectivity index (χ4v) is 3.55. The van der Waals surface area contributed by atoms with Crippen molar-refractivity contribution in [1.82, 2.24) is 15.4 Å². The summed E-state index contributed by atoms with van der Waals surface area (Å²) >= 11 is 12.5. The molecule has 0 bridgehead atoms. The lowest BCUT2D eigenvalue weighted by Crippen LogP contribution is -2.40. The number of nitro groups is 1. The van der Waals surface area contributed by atoms with Crippen molar-refractivity contribution in [3.05, 3.63) is 79.6 Å². The molecule has 2 aromatic carbocycles. The van der Waals surface area contributed by atoms with E-state index >= 15 is 0 Å². The first-order chi connectivity index (χ1) is 16.0.